The lowest BCUT2D eigenvalue weighted by Crippen LogP contribution is -2.36. The van der Waals surface area contributed by atoms with Crippen molar-refractivity contribution in [3.05, 3.63) is 94.9 Å². The van der Waals surface area contributed by atoms with E-state index in [4.69, 9.17) is 0 Å². The summed E-state index contributed by atoms with van der Waals surface area (Å²) in [7, 11) is 0. The summed E-state index contributed by atoms with van der Waals surface area (Å²) in [5.41, 5.74) is 4.72. The number of aliphatic hydroxyl groups is 1. The van der Waals surface area contributed by atoms with Crippen LogP contribution in [0, 0.1) is 24.7 Å². The number of piperidine rings is 1. The molecule has 30 heavy (non-hydrogen) atoms. The highest BCUT2D eigenvalue weighted by Gasteiger charge is 2.34. The Morgan fingerprint density at radius 2 is 1.87 bits per heavy atom. The second-order valence-electron chi connectivity index (χ2n) is 8.38. The van der Waals surface area contributed by atoms with Gasteiger partial charge >= 0.3 is 0 Å². The molecule has 2 atom stereocenters. The summed E-state index contributed by atoms with van der Waals surface area (Å²) in [4.78, 5) is 13.5. The SMILES string of the molecule is Cc1ccc(C2=CC(C3CCCNC3)[C](CCO)C=C2C(=O)c2ccccc2)cc1. The molecule has 0 amide bonds. The number of carbonyl (C=O) groups is 1. The summed E-state index contributed by atoms with van der Waals surface area (Å²) >= 11 is 0. The molecule has 4 rings (SSSR count). The predicted molar refractivity (Wildman–Crippen MR) is 122 cm³/mol. The third-order valence-electron chi connectivity index (χ3n) is 6.28. The maximum Gasteiger partial charge on any atom is 0.193 e. The third kappa shape index (κ3) is 4.48. The van der Waals surface area contributed by atoms with Crippen molar-refractivity contribution in [1.29, 1.82) is 0 Å². The number of carbonyl (C=O) groups excluding carboxylic acids is 1. The van der Waals surface area contributed by atoms with Crippen molar-refractivity contribution in [2.24, 2.45) is 11.8 Å². The van der Waals surface area contributed by atoms with Gasteiger partial charge in [-0.25, -0.2) is 0 Å². The number of aliphatic hydroxyl groups excluding tert-OH is 1. The van der Waals surface area contributed by atoms with Crippen LogP contribution in [0.4, 0.5) is 0 Å². The van der Waals surface area contributed by atoms with Crippen molar-refractivity contribution in [2.45, 2.75) is 26.2 Å². The normalized spacial score (nSPS) is 22.3. The van der Waals surface area contributed by atoms with Gasteiger partial charge in [0.2, 0.25) is 0 Å². The van der Waals surface area contributed by atoms with Crippen molar-refractivity contribution < 1.29 is 9.90 Å². The first kappa shape index (κ1) is 20.8. The van der Waals surface area contributed by atoms with E-state index in [2.05, 4.69) is 48.7 Å². The maximum atomic E-state index is 13.5. The molecule has 2 aliphatic rings. The van der Waals surface area contributed by atoms with Crippen LogP contribution in [0.1, 0.15) is 40.7 Å². The van der Waals surface area contributed by atoms with Gasteiger partial charge in [-0.3, -0.25) is 4.79 Å². The van der Waals surface area contributed by atoms with Crippen LogP contribution in [-0.4, -0.2) is 30.6 Å². The van der Waals surface area contributed by atoms with E-state index in [9.17, 15) is 9.90 Å². The van der Waals surface area contributed by atoms with Gasteiger partial charge in [-0.2, -0.15) is 0 Å². The van der Waals surface area contributed by atoms with Crippen molar-refractivity contribution in [1.82, 2.24) is 5.32 Å². The van der Waals surface area contributed by atoms with Gasteiger partial charge in [0, 0.05) is 23.7 Å². The Morgan fingerprint density at radius 1 is 1.10 bits per heavy atom. The molecule has 1 aliphatic carbocycles. The zero-order valence-corrected chi connectivity index (χ0v) is 17.6. The molecule has 0 aromatic heterocycles. The average Bonchev–Trinajstić information content (AvgIpc) is 2.80. The van der Waals surface area contributed by atoms with E-state index in [1.807, 2.05) is 30.3 Å². The first-order valence-corrected chi connectivity index (χ1v) is 11.0. The van der Waals surface area contributed by atoms with Gasteiger partial charge in [0.1, 0.15) is 0 Å². The average molecular weight is 401 g/mol. The molecule has 155 valence electrons. The van der Waals surface area contributed by atoms with Gasteiger partial charge < -0.3 is 10.4 Å². The molecule has 0 saturated carbocycles. The van der Waals surface area contributed by atoms with Crippen LogP contribution in [-0.2, 0) is 0 Å². The van der Waals surface area contributed by atoms with Crippen LogP contribution in [0.25, 0.3) is 5.57 Å². The molecular weight excluding hydrogens is 370 g/mol. The smallest absolute Gasteiger partial charge is 0.193 e. The molecule has 1 saturated heterocycles. The number of nitrogens with one attached hydrogen (secondary N) is 1. The lowest BCUT2D eigenvalue weighted by molar-refractivity contribution is 0.103. The zero-order valence-electron chi connectivity index (χ0n) is 17.6. The summed E-state index contributed by atoms with van der Waals surface area (Å²) in [5, 5.41) is 13.2. The van der Waals surface area contributed by atoms with Gasteiger partial charge in [-0.1, -0.05) is 72.3 Å². The lowest BCUT2D eigenvalue weighted by atomic mass is 9.70. The molecule has 2 aromatic carbocycles. The minimum absolute atomic E-state index is 0.0399. The standard InChI is InChI=1S/C27H30NO2/c1-19-9-11-20(12-10-19)25-17-24(23-8-5-14-28-18-23)22(13-15-29)16-26(25)27(30)21-6-3-2-4-7-21/h2-4,6-7,9-12,16-17,23-24,28-29H,5,8,13-15,18H2,1H3. The van der Waals surface area contributed by atoms with Crippen LogP contribution in [0.3, 0.4) is 0 Å². The van der Waals surface area contributed by atoms with E-state index in [-0.39, 0.29) is 18.3 Å². The Morgan fingerprint density at radius 3 is 2.53 bits per heavy atom. The fourth-order valence-electron chi connectivity index (χ4n) is 4.65. The zero-order chi connectivity index (χ0) is 20.9. The Balaban J connectivity index is 1.77. The fraction of sp³-hybridized carbons (Fsp3) is 0.333. The number of hydrogen-bond acceptors (Lipinski definition) is 3. The number of aryl methyl sites for hydroxylation is 1. The molecule has 1 aliphatic heterocycles. The molecule has 3 nitrogen and oxygen atoms in total. The minimum atomic E-state index is 0.0399. The molecule has 1 radical (unpaired) electrons. The molecular formula is C27H30NO2. The van der Waals surface area contributed by atoms with Crippen molar-refractivity contribution in [2.75, 3.05) is 19.7 Å². The summed E-state index contributed by atoms with van der Waals surface area (Å²) in [6, 6.07) is 17.9. The first-order valence-electron chi connectivity index (χ1n) is 11.0. The summed E-state index contributed by atoms with van der Waals surface area (Å²) in [5.74, 6) is 1.94. The number of Topliss-reactive ketones (excluding diaryl/α,β-unsaturated/α-hetero) is 1. The summed E-state index contributed by atoms with van der Waals surface area (Å²) in [6.07, 6.45) is 7.30. The highest BCUT2D eigenvalue weighted by atomic mass is 16.3. The Bertz CT molecular complexity index is 921. The Kier molecular flexibility index (Phi) is 6.61. The first-order chi connectivity index (χ1) is 14.7. The number of rotatable bonds is 6. The number of ketones is 1. The molecule has 2 aromatic rings. The van der Waals surface area contributed by atoms with Crippen LogP contribution in [0.2, 0.25) is 0 Å². The molecule has 2 N–H and O–H groups in total. The van der Waals surface area contributed by atoms with E-state index in [0.717, 1.165) is 29.8 Å². The van der Waals surface area contributed by atoms with Gasteiger partial charge in [0.15, 0.2) is 5.78 Å². The second-order valence-corrected chi connectivity index (χ2v) is 8.38. The Hall–Kier alpha value is -2.49. The third-order valence-corrected chi connectivity index (χ3v) is 6.28. The molecule has 3 heteroatoms. The Labute approximate surface area is 179 Å². The number of hydrogen-bond donors (Lipinski definition) is 2. The van der Waals surface area contributed by atoms with Gasteiger partial charge in [0.05, 0.1) is 0 Å². The quantitative estimate of drug-likeness (QED) is 0.687. The van der Waals surface area contributed by atoms with Gasteiger partial charge in [-0.05, 0) is 62.2 Å². The minimum Gasteiger partial charge on any atom is -0.396 e. The molecule has 0 bridgehead atoms. The van der Waals surface area contributed by atoms with E-state index < -0.39 is 0 Å². The van der Waals surface area contributed by atoms with E-state index >= 15 is 0 Å². The highest BCUT2D eigenvalue weighted by molar-refractivity contribution is 6.19. The topological polar surface area (TPSA) is 49.3 Å². The summed E-state index contributed by atoms with van der Waals surface area (Å²) < 4.78 is 0. The van der Waals surface area contributed by atoms with Crippen molar-refractivity contribution in [3.63, 3.8) is 0 Å². The largest absolute Gasteiger partial charge is 0.396 e. The van der Waals surface area contributed by atoms with Gasteiger partial charge in [0.25, 0.3) is 0 Å². The van der Waals surface area contributed by atoms with Crippen LogP contribution in [0.5, 0.6) is 0 Å². The molecule has 1 heterocycles. The monoisotopic (exact) mass is 400 g/mol. The number of allylic oxidation sites excluding steroid dienone is 4. The molecule has 2 unspecified atom stereocenters. The fourth-order valence-corrected chi connectivity index (χ4v) is 4.65. The summed E-state index contributed by atoms with van der Waals surface area (Å²) in [6.45, 7) is 4.23. The van der Waals surface area contributed by atoms with E-state index in [1.54, 1.807) is 0 Å². The van der Waals surface area contributed by atoms with Gasteiger partial charge in [-0.15, -0.1) is 0 Å². The van der Waals surface area contributed by atoms with Crippen molar-refractivity contribution >= 4 is 11.4 Å². The molecule has 0 spiro atoms. The van der Waals surface area contributed by atoms with E-state index in [1.165, 1.54) is 24.3 Å². The van der Waals surface area contributed by atoms with Crippen LogP contribution < -0.4 is 5.32 Å². The molecule has 1 fully saturated rings. The number of benzene rings is 2. The lowest BCUT2D eigenvalue weighted by Gasteiger charge is -2.36. The predicted octanol–water partition coefficient (Wildman–Crippen LogP) is 4.77. The van der Waals surface area contributed by atoms with Crippen molar-refractivity contribution in [3.8, 4) is 0 Å². The maximum absolute atomic E-state index is 13.5. The highest BCUT2D eigenvalue weighted by Crippen LogP contribution is 2.42. The van der Waals surface area contributed by atoms with Crippen LogP contribution >= 0.6 is 0 Å². The van der Waals surface area contributed by atoms with E-state index in [0.29, 0.717) is 17.9 Å². The second kappa shape index (κ2) is 9.55. The van der Waals surface area contributed by atoms with Crippen LogP contribution in [0.15, 0.2) is 72.3 Å².